The van der Waals surface area contributed by atoms with E-state index >= 15 is 0 Å². The molecule has 2 N–H and O–H groups in total. The minimum absolute atomic E-state index is 0.0342. The summed E-state index contributed by atoms with van der Waals surface area (Å²) in [5.74, 6) is -1.80. The van der Waals surface area contributed by atoms with Gasteiger partial charge in [0.05, 0.1) is 5.75 Å². The molecule has 2 rings (SSSR count). The number of amides is 1. The molecule has 1 heterocycles. The van der Waals surface area contributed by atoms with Crippen LogP contribution in [0.25, 0.3) is 0 Å². The molecule has 26 heavy (non-hydrogen) atoms. The number of carbonyl (C=O) groups excluding carboxylic acids is 1. The largest absolute Gasteiger partial charge is 0.353 e. The zero-order valence-corrected chi connectivity index (χ0v) is 17.0. The molecule has 142 valence electrons. The SMILES string of the molecule is CC(C)C(C)NC(=O)CSc1nnc(Nc2ccc(SC(F)F)cc2)s1. The van der Waals surface area contributed by atoms with E-state index in [1.54, 1.807) is 24.3 Å². The molecular formula is C16H20F2N4OS3. The number of halogens is 2. The van der Waals surface area contributed by atoms with Crippen LogP contribution in [0.15, 0.2) is 33.5 Å². The van der Waals surface area contributed by atoms with Crippen molar-refractivity contribution in [1.82, 2.24) is 15.5 Å². The molecule has 1 aromatic carbocycles. The molecule has 2 aromatic rings. The highest BCUT2D eigenvalue weighted by molar-refractivity contribution is 8.01. The number of nitrogens with zero attached hydrogens (tertiary/aromatic N) is 2. The lowest BCUT2D eigenvalue weighted by Crippen LogP contribution is -2.37. The molecule has 0 aliphatic carbocycles. The standard InChI is InChI=1S/C16H20F2N4OS3/c1-9(2)10(3)19-13(23)8-24-16-22-21-15(26-16)20-11-4-6-12(7-5-11)25-14(17)18/h4-7,9-10,14H,8H2,1-3H3,(H,19,23)(H,20,21). The van der Waals surface area contributed by atoms with Crippen LogP contribution in [0.2, 0.25) is 0 Å². The van der Waals surface area contributed by atoms with Gasteiger partial charge >= 0.3 is 0 Å². The molecule has 1 atom stereocenters. The van der Waals surface area contributed by atoms with Crippen molar-refractivity contribution in [3.05, 3.63) is 24.3 Å². The van der Waals surface area contributed by atoms with E-state index < -0.39 is 5.76 Å². The fourth-order valence-electron chi connectivity index (χ4n) is 1.75. The molecular weight excluding hydrogens is 398 g/mol. The summed E-state index contributed by atoms with van der Waals surface area (Å²) in [6.45, 7) is 6.09. The minimum atomic E-state index is -2.43. The van der Waals surface area contributed by atoms with Gasteiger partial charge in [-0.1, -0.05) is 48.7 Å². The number of thioether (sulfide) groups is 2. The van der Waals surface area contributed by atoms with Crippen LogP contribution in [0, 0.1) is 5.92 Å². The van der Waals surface area contributed by atoms with Gasteiger partial charge in [-0.2, -0.15) is 8.78 Å². The number of alkyl halides is 2. The Kier molecular flexibility index (Phi) is 8.11. The third-order valence-corrected chi connectivity index (χ3v) is 6.15. The monoisotopic (exact) mass is 418 g/mol. The molecule has 0 aliphatic rings. The van der Waals surface area contributed by atoms with Crippen molar-refractivity contribution in [2.75, 3.05) is 11.1 Å². The van der Waals surface area contributed by atoms with E-state index in [4.69, 9.17) is 0 Å². The predicted molar refractivity (Wildman–Crippen MR) is 105 cm³/mol. The fourth-order valence-corrected chi connectivity index (χ4v) is 3.83. The normalized spacial score (nSPS) is 12.4. The van der Waals surface area contributed by atoms with E-state index in [1.807, 2.05) is 6.92 Å². The Morgan fingerprint density at radius 3 is 2.50 bits per heavy atom. The van der Waals surface area contributed by atoms with Crippen LogP contribution in [-0.4, -0.2) is 33.7 Å². The summed E-state index contributed by atoms with van der Waals surface area (Å²) in [7, 11) is 0. The lowest BCUT2D eigenvalue weighted by molar-refractivity contribution is -0.119. The molecule has 5 nitrogen and oxygen atoms in total. The topological polar surface area (TPSA) is 66.9 Å². The Balaban J connectivity index is 1.83. The number of hydrogen-bond donors (Lipinski definition) is 2. The third-order valence-electron chi connectivity index (χ3n) is 3.45. The number of hydrogen-bond acceptors (Lipinski definition) is 7. The van der Waals surface area contributed by atoms with Crippen LogP contribution >= 0.6 is 34.9 Å². The zero-order chi connectivity index (χ0) is 19.1. The van der Waals surface area contributed by atoms with Crippen LogP contribution in [-0.2, 0) is 4.79 Å². The highest BCUT2D eigenvalue weighted by Gasteiger charge is 2.13. The van der Waals surface area contributed by atoms with E-state index in [-0.39, 0.29) is 17.7 Å². The van der Waals surface area contributed by atoms with Crippen molar-refractivity contribution in [2.24, 2.45) is 5.92 Å². The van der Waals surface area contributed by atoms with Crippen molar-refractivity contribution >= 4 is 51.6 Å². The maximum Gasteiger partial charge on any atom is 0.288 e. The van der Waals surface area contributed by atoms with Gasteiger partial charge in [0.15, 0.2) is 4.34 Å². The number of rotatable bonds is 9. The van der Waals surface area contributed by atoms with Gasteiger partial charge in [-0.05, 0) is 37.1 Å². The Bertz CT molecular complexity index is 710. The first kappa shape index (κ1) is 20.9. The quantitative estimate of drug-likeness (QED) is 0.568. The second-order valence-electron chi connectivity index (χ2n) is 5.79. The number of carbonyl (C=O) groups is 1. The Hall–Kier alpha value is -1.39. The lowest BCUT2D eigenvalue weighted by atomic mass is 10.1. The first-order chi connectivity index (χ1) is 12.3. The Labute approximate surface area is 163 Å². The van der Waals surface area contributed by atoms with Gasteiger partial charge in [0, 0.05) is 16.6 Å². The average Bonchev–Trinajstić information content (AvgIpc) is 3.01. The van der Waals surface area contributed by atoms with Crippen molar-refractivity contribution in [1.29, 1.82) is 0 Å². The number of aromatic nitrogens is 2. The predicted octanol–water partition coefficient (Wildman–Crippen LogP) is 4.85. The average molecular weight is 419 g/mol. The van der Waals surface area contributed by atoms with Gasteiger partial charge in [-0.15, -0.1) is 10.2 Å². The van der Waals surface area contributed by atoms with Gasteiger partial charge < -0.3 is 10.6 Å². The smallest absolute Gasteiger partial charge is 0.288 e. The number of nitrogens with one attached hydrogen (secondary N) is 2. The van der Waals surface area contributed by atoms with Crippen LogP contribution in [0.1, 0.15) is 20.8 Å². The fraction of sp³-hybridized carbons (Fsp3) is 0.438. The molecule has 10 heteroatoms. The number of benzene rings is 1. The highest BCUT2D eigenvalue weighted by Crippen LogP contribution is 2.29. The minimum Gasteiger partial charge on any atom is -0.353 e. The lowest BCUT2D eigenvalue weighted by Gasteiger charge is -2.16. The summed E-state index contributed by atoms with van der Waals surface area (Å²) in [5, 5.41) is 14.7. The van der Waals surface area contributed by atoms with Crippen molar-refractivity contribution in [3.63, 3.8) is 0 Å². The first-order valence-electron chi connectivity index (χ1n) is 7.91. The van der Waals surface area contributed by atoms with E-state index in [0.717, 1.165) is 5.69 Å². The van der Waals surface area contributed by atoms with Gasteiger partial charge in [-0.25, -0.2) is 0 Å². The molecule has 0 saturated heterocycles. The summed E-state index contributed by atoms with van der Waals surface area (Å²) in [4.78, 5) is 12.4. The van der Waals surface area contributed by atoms with Gasteiger partial charge in [0.1, 0.15) is 0 Å². The second kappa shape index (κ2) is 10.1. The molecule has 0 fully saturated rings. The van der Waals surface area contributed by atoms with E-state index in [1.165, 1.54) is 23.1 Å². The highest BCUT2D eigenvalue weighted by atomic mass is 32.2. The van der Waals surface area contributed by atoms with Gasteiger partial charge in [-0.3, -0.25) is 4.79 Å². The van der Waals surface area contributed by atoms with E-state index in [0.29, 0.717) is 32.0 Å². The molecule has 0 radical (unpaired) electrons. The van der Waals surface area contributed by atoms with Crippen LogP contribution < -0.4 is 10.6 Å². The maximum atomic E-state index is 12.3. The van der Waals surface area contributed by atoms with Crippen LogP contribution in [0.3, 0.4) is 0 Å². The molecule has 0 aliphatic heterocycles. The zero-order valence-electron chi connectivity index (χ0n) is 14.5. The van der Waals surface area contributed by atoms with Gasteiger partial charge in [0.2, 0.25) is 11.0 Å². The van der Waals surface area contributed by atoms with Crippen LogP contribution in [0.4, 0.5) is 19.6 Å². The first-order valence-corrected chi connectivity index (χ1v) is 10.6. The molecule has 0 saturated carbocycles. The van der Waals surface area contributed by atoms with E-state index in [2.05, 4.69) is 34.7 Å². The summed E-state index contributed by atoms with van der Waals surface area (Å²) < 4.78 is 25.3. The van der Waals surface area contributed by atoms with Crippen molar-refractivity contribution < 1.29 is 13.6 Å². The second-order valence-corrected chi connectivity index (χ2v) is 9.05. The Morgan fingerprint density at radius 1 is 1.19 bits per heavy atom. The molecule has 1 unspecified atom stereocenters. The van der Waals surface area contributed by atoms with Crippen LogP contribution in [0.5, 0.6) is 0 Å². The summed E-state index contributed by atoms with van der Waals surface area (Å²) in [6, 6.07) is 6.78. The molecule has 1 amide bonds. The van der Waals surface area contributed by atoms with Gasteiger partial charge in [0.25, 0.3) is 5.76 Å². The Morgan fingerprint density at radius 2 is 1.88 bits per heavy atom. The maximum absolute atomic E-state index is 12.3. The molecule has 1 aromatic heterocycles. The third kappa shape index (κ3) is 7.08. The molecule has 0 bridgehead atoms. The van der Waals surface area contributed by atoms with Crippen molar-refractivity contribution in [2.45, 2.75) is 41.8 Å². The summed E-state index contributed by atoms with van der Waals surface area (Å²) >= 11 is 3.17. The summed E-state index contributed by atoms with van der Waals surface area (Å²) in [5.41, 5.74) is 0.736. The molecule has 0 spiro atoms. The number of anilines is 2. The summed E-state index contributed by atoms with van der Waals surface area (Å²) in [6.07, 6.45) is 0. The van der Waals surface area contributed by atoms with Crippen molar-refractivity contribution in [3.8, 4) is 0 Å². The van der Waals surface area contributed by atoms with E-state index in [9.17, 15) is 13.6 Å².